The molecule has 0 saturated carbocycles. The Morgan fingerprint density at radius 1 is 1.03 bits per heavy atom. The summed E-state index contributed by atoms with van der Waals surface area (Å²) in [6.45, 7) is 4.33. The molecule has 1 heterocycles. The van der Waals surface area contributed by atoms with E-state index in [1.165, 1.54) is 11.3 Å². The summed E-state index contributed by atoms with van der Waals surface area (Å²) in [5.41, 5.74) is 1.64. The summed E-state index contributed by atoms with van der Waals surface area (Å²) >= 11 is 1.41. The lowest BCUT2D eigenvalue weighted by Gasteiger charge is -2.09. The van der Waals surface area contributed by atoms with Gasteiger partial charge in [-0.3, -0.25) is 4.79 Å². The predicted molar refractivity (Wildman–Crippen MR) is 117 cm³/mol. The fourth-order valence-corrected chi connectivity index (χ4v) is 4.16. The molecule has 158 valence electrons. The van der Waals surface area contributed by atoms with Crippen LogP contribution in [0.15, 0.2) is 48.0 Å². The van der Waals surface area contributed by atoms with Gasteiger partial charge in [-0.25, -0.2) is 0 Å². The molecule has 1 aromatic heterocycles. The van der Waals surface area contributed by atoms with Gasteiger partial charge in [0.2, 0.25) is 0 Å². The van der Waals surface area contributed by atoms with Crippen LogP contribution < -0.4 is 23.7 Å². The van der Waals surface area contributed by atoms with E-state index in [2.05, 4.69) is 11.6 Å². The van der Waals surface area contributed by atoms with Crippen LogP contribution in [0.2, 0.25) is 0 Å². The molecular formula is C22H24N2O5S. The number of nitrogens with zero attached hydrogens (tertiary/aromatic N) is 2. The molecular weight excluding hydrogens is 404 g/mol. The Labute approximate surface area is 178 Å². The molecule has 7 nitrogen and oxygen atoms in total. The molecule has 0 aliphatic heterocycles. The summed E-state index contributed by atoms with van der Waals surface area (Å²) in [5.74, 6) is 2.21. The molecule has 0 spiro atoms. The first-order valence-corrected chi connectivity index (χ1v) is 10.0. The molecule has 0 aliphatic carbocycles. The van der Waals surface area contributed by atoms with E-state index in [4.69, 9.17) is 18.9 Å². The summed E-state index contributed by atoms with van der Waals surface area (Å²) in [6, 6.07) is 9.11. The number of hydrogen-bond acceptors (Lipinski definition) is 6. The molecule has 0 aliphatic rings. The monoisotopic (exact) mass is 428 g/mol. The normalized spacial score (nSPS) is 11.4. The van der Waals surface area contributed by atoms with Crippen LogP contribution in [0.5, 0.6) is 23.0 Å². The Kier molecular flexibility index (Phi) is 6.79. The Hall–Kier alpha value is -3.26. The molecule has 8 heteroatoms. The fraction of sp³-hybridized carbons (Fsp3) is 0.273. The fourth-order valence-electron chi connectivity index (χ4n) is 3.09. The van der Waals surface area contributed by atoms with Gasteiger partial charge in [-0.05, 0) is 6.07 Å². The Bertz CT molecular complexity index is 1150. The third-order valence-corrected chi connectivity index (χ3v) is 5.60. The SMILES string of the molecule is C=CCn1c(=NC(=O)Cc2ccc(OC)cc2OC)sc2cc(OC)c(OC)cc21. The smallest absolute Gasteiger partial charge is 0.252 e. The van der Waals surface area contributed by atoms with E-state index in [-0.39, 0.29) is 12.3 Å². The molecule has 0 unspecified atom stereocenters. The number of aromatic nitrogens is 1. The van der Waals surface area contributed by atoms with Gasteiger partial charge in [0.1, 0.15) is 11.5 Å². The number of ether oxygens (including phenoxy) is 4. The summed E-state index contributed by atoms with van der Waals surface area (Å²) in [7, 11) is 6.32. The number of carbonyl (C=O) groups excluding carboxylic acids is 1. The zero-order valence-electron chi connectivity index (χ0n) is 17.4. The molecule has 30 heavy (non-hydrogen) atoms. The summed E-state index contributed by atoms with van der Waals surface area (Å²) in [4.78, 5) is 17.7. The van der Waals surface area contributed by atoms with Gasteiger partial charge < -0.3 is 23.5 Å². The molecule has 0 radical (unpaired) electrons. The van der Waals surface area contributed by atoms with Crippen molar-refractivity contribution in [3.63, 3.8) is 0 Å². The lowest BCUT2D eigenvalue weighted by atomic mass is 10.1. The highest BCUT2D eigenvalue weighted by molar-refractivity contribution is 7.16. The van der Waals surface area contributed by atoms with E-state index < -0.39 is 0 Å². The van der Waals surface area contributed by atoms with Gasteiger partial charge in [0.25, 0.3) is 5.91 Å². The van der Waals surface area contributed by atoms with E-state index in [1.54, 1.807) is 46.6 Å². The molecule has 2 aromatic carbocycles. The second-order valence-corrected chi connectivity index (χ2v) is 7.33. The van der Waals surface area contributed by atoms with E-state index in [1.807, 2.05) is 22.8 Å². The number of fused-ring (bicyclic) bond motifs is 1. The van der Waals surface area contributed by atoms with Crippen molar-refractivity contribution in [1.82, 2.24) is 4.57 Å². The van der Waals surface area contributed by atoms with Crippen molar-refractivity contribution in [3.05, 3.63) is 53.4 Å². The van der Waals surface area contributed by atoms with Gasteiger partial charge >= 0.3 is 0 Å². The van der Waals surface area contributed by atoms with E-state index in [9.17, 15) is 4.79 Å². The van der Waals surface area contributed by atoms with Gasteiger partial charge in [0.15, 0.2) is 16.3 Å². The van der Waals surface area contributed by atoms with Crippen LogP contribution in [0, 0.1) is 0 Å². The maximum absolute atomic E-state index is 12.7. The standard InChI is InChI=1S/C22H24N2O5S/c1-6-9-24-16-12-18(28-4)19(29-5)13-20(16)30-22(24)23-21(25)10-14-7-8-15(26-2)11-17(14)27-3/h6-8,11-13H,1,9-10H2,2-5H3. The number of rotatable bonds is 8. The maximum atomic E-state index is 12.7. The average Bonchev–Trinajstić information content (AvgIpc) is 3.08. The van der Waals surface area contributed by atoms with Crippen molar-refractivity contribution < 1.29 is 23.7 Å². The van der Waals surface area contributed by atoms with Crippen LogP contribution in [-0.4, -0.2) is 38.9 Å². The number of thiazole rings is 1. The van der Waals surface area contributed by atoms with Crippen molar-refractivity contribution in [1.29, 1.82) is 0 Å². The number of amides is 1. The van der Waals surface area contributed by atoms with Crippen LogP contribution >= 0.6 is 11.3 Å². The average molecular weight is 429 g/mol. The van der Waals surface area contributed by atoms with E-state index in [0.29, 0.717) is 34.3 Å². The number of hydrogen-bond donors (Lipinski definition) is 0. The van der Waals surface area contributed by atoms with E-state index in [0.717, 1.165) is 15.8 Å². The Balaban J connectivity index is 2.03. The molecule has 3 aromatic rings. The molecule has 1 amide bonds. The number of carbonyl (C=O) groups is 1. The zero-order chi connectivity index (χ0) is 21.7. The minimum atomic E-state index is -0.276. The largest absolute Gasteiger partial charge is 0.497 e. The zero-order valence-corrected chi connectivity index (χ0v) is 18.2. The van der Waals surface area contributed by atoms with Gasteiger partial charge in [0, 0.05) is 30.3 Å². The highest BCUT2D eigenvalue weighted by Gasteiger charge is 2.14. The number of allylic oxidation sites excluding steroid dienone is 1. The van der Waals surface area contributed by atoms with Gasteiger partial charge in [-0.1, -0.05) is 23.5 Å². The molecule has 0 fully saturated rings. The minimum absolute atomic E-state index is 0.113. The van der Waals surface area contributed by atoms with Crippen molar-refractivity contribution in [3.8, 4) is 23.0 Å². The second kappa shape index (κ2) is 9.49. The van der Waals surface area contributed by atoms with Crippen molar-refractivity contribution in [2.45, 2.75) is 13.0 Å². The first-order valence-electron chi connectivity index (χ1n) is 9.19. The lowest BCUT2D eigenvalue weighted by Crippen LogP contribution is -2.17. The lowest BCUT2D eigenvalue weighted by molar-refractivity contribution is -0.117. The van der Waals surface area contributed by atoms with Crippen molar-refractivity contribution >= 4 is 27.5 Å². The van der Waals surface area contributed by atoms with Gasteiger partial charge in [-0.15, -0.1) is 6.58 Å². The number of methoxy groups -OCH3 is 4. The quantitative estimate of drug-likeness (QED) is 0.513. The number of benzene rings is 2. The molecule has 0 N–H and O–H groups in total. The van der Waals surface area contributed by atoms with Crippen molar-refractivity contribution in [2.24, 2.45) is 4.99 Å². The highest BCUT2D eigenvalue weighted by atomic mass is 32.1. The maximum Gasteiger partial charge on any atom is 0.252 e. The third kappa shape index (κ3) is 4.33. The Morgan fingerprint density at radius 2 is 1.73 bits per heavy atom. The van der Waals surface area contributed by atoms with Crippen LogP contribution in [-0.2, 0) is 17.8 Å². The van der Waals surface area contributed by atoms with Gasteiger partial charge in [0.05, 0.1) is 45.1 Å². The minimum Gasteiger partial charge on any atom is -0.497 e. The van der Waals surface area contributed by atoms with Crippen LogP contribution in [0.1, 0.15) is 5.56 Å². The van der Waals surface area contributed by atoms with Crippen LogP contribution in [0.25, 0.3) is 10.2 Å². The molecule has 0 atom stereocenters. The molecule has 3 rings (SSSR count). The molecule has 0 saturated heterocycles. The third-order valence-electron chi connectivity index (χ3n) is 4.56. The summed E-state index contributed by atoms with van der Waals surface area (Å²) in [5, 5.41) is 0. The van der Waals surface area contributed by atoms with Crippen molar-refractivity contribution in [2.75, 3.05) is 28.4 Å². The van der Waals surface area contributed by atoms with E-state index >= 15 is 0 Å². The highest BCUT2D eigenvalue weighted by Crippen LogP contribution is 2.33. The molecule has 0 bridgehead atoms. The predicted octanol–water partition coefficient (Wildman–Crippen LogP) is 3.59. The first kappa shape index (κ1) is 21.4. The summed E-state index contributed by atoms with van der Waals surface area (Å²) in [6.07, 6.45) is 1.88. The topological polar surface area (TPSA) is 71.3 Å². The van der Waals surface area contributed by atoms with Crippen LogP contribution in [0.3, 0.4) is 0 Å². The van der Waals surface area contributed by atoms with Gasteiger partial charge in [-0.2, -0.15) is 4.99 Å². The first-order chi connectivity index (χ1) is 14.5. The second-order valence-electron chi connectivity index (χ2n) is 6.32. The summed E-state index contributed by atoms with van der Waals surface area (Å²) < 4.78 is 24.2. The Morgan fingerprint density at radius 3 is 2.37 bits per heavy atom. The van der Waals surface area contributed by atoms with Crippen LogP contribution in [0.4, 0.5) is 0 Å².